The fraction of sp³-hybridized carbons (Fsp3) is 0. The zero-order chi connectivity index (χ0) is 8.04. The average molecular weight is 157 g/mol. The van der Waals surface area contributed by atoms with Gasteiger partial charge in [0.2, 0.25) is 6.33 Å². The molecule has 0 fully saturated rings. The molecule has 0 aliphatic carbocycles. The Morgan fingerprint density at radius 3 is 1.90 bits per heavy atom. The molecule has 0 amide bonds. The predicted molar refractivity (Wildman–Crippen MR) is 25.3 cm³/mol. The molecule has 3 nitrogen and oxygen atoms in total. The number of aromatic amines is 2. The van der Waals surface area contributed by atoms with Gasteiger partial charge < -0.3 is 17.3 Å². The molecule has 0 unspecified atom stereocenters. The maximum Gasteiger partial charge on any atom is 0.673 e. The summed E-state index contributed by atoms with van der Waals surface area (Å²) in [6, 6.07) is 0. The van der Waals surface area contributed by atoms with Crippen LogP contribution in [0.25, 0.3) is 0 Å². The minimum atomic E-state index is -6.00. The number of H-pyrrole nitrogens is 2. The summed E-state index contributed by atoms with van der Waals surface area (Å²) in [6.45, 7) is 0. The molecule has 0 aliphatic rings. The lowest BCUT2D eigenvalue weighted by Crippen LogP contribution is -2.02. The molecule has 0 bridgehead atoms. The highest BCUT2D eigenvalue weighted by atomic mass is 19.5. The van der Waals surface area contributed by atoms with Crippen LogP contribution in [0.4, 0.5) is 17.3 Å². The summed E-state index contributed by atoms with van der Waals surface area (Å²) in [5.41, 5.74) is 0. The van der Waals surface area contributed by atoms with Gasteiger partial charge in [0.1, 0.15) is 0 Å². The van der Waals surface area contributed by atoms with Crippen molar-refractivity contribution in [2.24, 2.45) is 0 Å². The Kier molecular flexibility index (Phi) is 3.44. The summed E-state index contributed by atoms with van der Waals surface area (Å²) >= 11 is 0. The molecular formula is C2H4BF4N3. The van der Waals surface area contributed by atoms with Gasteiger partial charge in [-0.25, -0.2) is 0 Å². The van der Waals surface area contributed by atoms with E-state index in [1.807, 2.05) is 0 Å². The van der Waals surface area contributed by atoms with Crippen LogP contribution in [-0.2, 0) is 0 Å². The predicted octanol–water partition coefficient (Wildman–Crippen LogP) is 0.524. The van der Waals surface area contributed by atoms with Gasteiger partial charge in [-0.15, -0.1) is 5.10 Å². The molecule has 0 spiro atoms. The second-order valence-corrected chi connectivity index (χ2v) is 1.19. The Labute approximate surface area is 53.6 Å². The quantitative estimate of drug-likeness (QED) is 0.432. The first-order chi connectivity index (χ1) is 4.50. The van der Waals surface area contributed by atoms with Crippen LogP contribution in [0, 0.1) is 0 Å². The standard InChI is InChI=1S/C2H3N3.BF4/c1-3-2-5-4-1;2-1(3,4)5/h1-2H,(H,3,4,5);/q;-1/p+1. The van der Waals surface area contributed by atoms with Crippen molar-refractivity contribution < 1.29 is 22.2 Å². The van der Waals surface area contributed by atoms with E-state index in [1.54, 1.807) is 12.7 Å². The van der Waals surface area contributed by atoms with Crippen LogP contribution < -0.4 is 4.98 Å². The Hall–Kier alpha value is -1.08. The third kappa shape index (κ3) is 15.8. The summed E-state index contributed by atoms with van der Waals surface area (Å²) < 4.78 is 39.0. The van der Waals surface area contributed by atoms with Gasteiger partial charge in [-0.05, 0) is 0 Å². The third-order valence-corrected chi connectivity index (χ3v) is 0.362. The van der Waals surface area contributed by atoms with Crippen LogP contribution in [0.1, 0.15) is 0 Å². The normalized spacial score (nSPS) is 10.0. The topological polar surface area (TPSA) is 42.8 Å². The Bertz CT molecular complexity index is 125. The molecular weight excluding hydrogens is 153 g/mol. The first-order valence-corrected chi connectivity index (χ1v) is 2.22. The molecule has 2 N–H and O–H groups in total. The maximum absolute atomic E-state index is 9.75. The van der Waals surface area contributed by atoms with Crippen molar-refractivity contribution in [2.45, 2.75) is 0 Å². The monoisotopic (exact) mass is 157 g/mol. The van der Waals surface area contributed by atoms with Gasteiger partial charge in [0.15, 0.2) is 0 Å². The Balaban J connectivity index is 0.000000162. The van der Waals surface area contributed by atoms with E-state index < -0.39 is 7.25 Å². The molecule has 0 aliphatic heterocycles. The van der Waals surface area contributed by atoms with Crippen LogP contribution in [-0.4, -0.2) is 17.5 Å². The summed E-state index contributed by atoms with van der Waals surface area (Å²) in [5.74, 6) is 0. The van der Waals surface area contributed by atoms with E-state index >= 15 is 0 Å². The van der Waals surface area contributed by atoms with E-state index in [1.165, 1.54) is 0 Å². The van der Waals surface area contributed by atoms with Crippen LogP contribution in [0.5, 0.6) is 0 Å². The van der Waals surface area contributed by atoms with Crippen LogP contribution in [0.15, 0.2) is 12.7 Å². The van der Waals surface area contributed by atoms with E-state index in [9.17, 15) is 17.3 Å². The summed E-state index contributed by atoms with van der Waals surface area (Å²) in [6.07, 6.45) is 3.21. The van der Waals surface area contributed by atoms with Crippen molar-refractivity contribution >= 4 is 7.25 Å². The molecule has 0 saturated carbocycles. The number of nitrogens with zero attached hydrogens (tertiary/aromatic N) is 1. The van der Waals surface area contributed by atoms with Crippen molar-refractivity contribution in [1.29, 1.82) is 0 Å². The number of nitrogens with one attached hydrogen (secondary N) is 2. The lowest BCUT2D eigenvalue weighted by Gasteiger charge is -1.94. The Morgan fingerprint density at radius 1 is 1.30 bits per heavy atom. The van der Waals surface area contributed by atoms with Crippen LogP contribution in [0.3, 0.4) is 0 Å². The number of halogens is 4. The first kappa shape index (κ1) is 8.92. The van der Waals surface area contributed by atoms with Crippen molar-refractivity contribution in [1.82, 2.24) is 10.2 Å². The zero-order valence-corrected chi connectivity index (χ0v) is 4.69. The molecule has 1 aromatic rings. The number of hydrogen-bond donors (Lipinski definition) is 1. The van der Waals surface area contributed by atoms with Gasteiger partial charge in [-0.2, -0.15) is 0 Å². The van der Waals surface area contributed by atoms with Crippen LogP contribution >= 0.6 is 0 Å². The summed E-state index contributed by atoms with van der Waals surface area (Å²) in [7, 11) is -6.00. The lowest BCUT2D eigenvalue weighted by molar-refractivity contribution is -0.377. The van der Waals surface area contributed by atoms with Crippen molar-refractivity contribution in [3.63, 3.8) is 0 Å². The van der Waals surface area contributed by atoms with Gasteiger partial charge in [-0.1, -0.05) is 0 Å². The smallest absolute Gasteiger partial charge is 0.418 e. The molecule has 8 heteroatoms. The first-order valence-electron chi connectivity index (χ1n) is 2.22. The SMILES string of the molecule is F[B-](F)(F)F.c1n[nH]c[nH+]1. The molecule has 1 heterocycles. The van der Waals surface area contributed by atoms with Gasteiger partial charge in [0.25, 0.3) is 6.33 Å². The maximum atomic E-state index is 9.75. The second-order valence-electron chi connectivity index (χ2n) is 1.19. The van der Waals surface area contributed by atoms with Gasteiger partial charge >= 0.3 is 7.25 Å². The number of aromatic nitrogens is 3. The second kappa shape index (κ2) is 3.86. The third-order valence-electron chi connectivity index (χ3n) is 0.362. The van der Waals surface area contributed by atoms with E-state index in [0.717, 1.165) is 0 Å². The molecule has 58 valence electrons. The van der Waals surface area contributed by atoms with Gasteiger partial charge in [-0.3, -0.25) is 4.98 Å². The lowest BCUT2D eigenvalue weighted by atomic mass is 10.3. The van der Waals surface area contributed by atoms with Gasteiger partial charge in [0, 0.05) is 5.10 Å². The molecule has 0 radical (unpaired) electrons. The molecule has 0 atom stereocenters. The minimum Gasteiger partial charge on any atom is -0.418 e. The van der Waals surface area contributed by atoms with Crippen molar-refractivity contribution in [3.8, 4) is 0 Å². The largest absolute Gasteiger partial charge is 0.673 e. The summed E-state index contributed by atoms with van der Waals surface area (Å²) in [5, 5.41) is 6.10. The molecule has 1 rings (SSSR count). The Morgan fingerprint density at radius 2 is 1.80 bits per heavy atom. The molecule has 1 aromatic heterocycles. The molecule has 0 saturated heterocycles. The average Bonchev–Trinajstić information content (AvgIpc) is 2.07. The van der Waals surface area contributed by atoms with Crippen LogP contribution in [0.2, 0.25) is 0 Å². The molecule has 0 aromatic carbocycles. The zero-order valence-electron chi connectivity index (χ0n) is 4.69. The minimum absolute atomic E-state index is 1.57. The number of rotatable bonds is 0. The van der Waals surface area contributed by atoms with Crippen molar-refractivity contribution in [2.75, 3.05) is 0 Å². The fourth-order valence-corrected chi connectivity index (χ4v) is 0.186. The highest BCUT2D eigenvalue weighted by molar-refractivity contribution is 6.50. The fourth-order valence-electron chi connectivity index (χ4n) is 0.186. The highest BCUT2D eigenvalue weighted by Crippen LogP contribution is 2.06. The number of hydrogen-bond acceptors (Lipinski definition) is 1. The van der Waals surface area contributed by atoms with E-state index in [0.29, 0.717) is 0 Å². The highest BCUT2D eigenvalue weighted by Gasteiger charge is 2.20. The van der Waals surface area contributed by atoms with E-state index in [-0.39, 0.29) is 0 Å². The van der Waals surface area contributed by atoms with Gasteiger partial charge in [0.05, 0.1) is 0 Å². The summed E-state index contributed by atoms with van der Waals surface area (Å²) in [4.78, 5) is 2.69. The van der Waals surface area contributed by atoms with E-state index in [4.69, 9.17) is 0 Å². The molecule has 10 heavy (non-hydrogen) atoms. The van der Waals surface area contributed by atoms with E-state index in [2.05, 4.69) is 15.2 Å². The van der Waals surface area contributed by atoms with Crippen molar-refractivity contribution in [3.05, 3.63) is 12.7 Å².